The Hall–Kier alpha value is 0.0300. The van der Waals surface area contributed by atoms with E-state index in [9.17, 15) is 0 Å². The third-order valence-electron chi connectivity index (χ3n) is 3.18. The average Bonchev–Trinajstić information content (AvgIpc) is 2.62. The van der Waals surface area contributed by atoms with Gasteiger partial charge in [-0.15, -0.1) is 0 Å². The average molecular weight is 363 g/mol. The molecule has 0 bridgehead atoms. The second kappa shape index (κ2) is 5.78. The van der Waals surface area contributed by atoms with Gasteiger partial charge in [-0.1, -0.05) is 6.92 Å². The van der Waals surface area contributed by atoms with E-state index in [-0.39, 0.29) is 12.1 Å². The number of hydrogen-bond acceptors (Lipinski definition) is 3. The Morgan fingerprint density at radius 3 is 2.94 bits per heavy atom. The molecule has 1 aliphatic rings. The SMILES string of the molecule is CCCN1CCC(N)C1c1ncc(Br)cc1Br. The number of hydrogen-bond donors (Lipinski definition) is 1. The van der Waals surface area contributed by atoms with Gasteiger partial charge < -0.3 is 5.73 Å². The first-order chi connectivity index (χ1) is 8.13. The Bertz CT molecular complexity index is 395. The molecule has 1 aliphatic heterocycles. The molecule has 2 heterocycles. The van der Waals surface area contributed by atoms with Crippen molar-refractivity contribution in [2.45, 2.75) is 31.8 Å². The van der Waals surface area contributed by atoms with Gasteiger partial charge in [-0.25, -0.2) is 0 Å². The predicted octanol–water partition coefficient (Wildman–Crippen LogP) is 3.09. The van der Waals surface area contributed by atoms with E-state index in [4.69, 9.17) is 5.73 Å². The van der Waals surface area contributed by atoms with E-state index >= 15 is 0 Å². The fourth-order valence-corrected chi connectivity index (χ4v) is 3.66. The van der Waals surface area contributed by atoms with Gasteiger partial charge in [-0.2, -0.15) is 0 Å². The van der Waals surface area contributed by atoms with Crippen LogP contribution in [0.2, 0.25) is 0 Å². The van der Waals surface area contributed by atoms with Crippen molar-refractivity contribution in [1.29, 1.82) is 0 Å². The minimum absolute atomic E-state index is 0.187. The second-order valence-electron chi connectivity index (χ2n) is 4.45. The zero-order valence-electron chi connectivity index (χ0n) is 9.87. The van der Waals surface area contributed by atoms with Gasteiger partial charge in [-0.05, 0) is 57.3 Å². The monoisotopic (exact) mass is 361 g/mol. The zero-order valence-corrected chi connectivity index (χ0v) is 13.0. The van der Waals surface area contributed by atoms with E-state index < -0.39 is 0 Å². The van der Waals surface area contributed by atoms with Crippen molar-refractivity contribution in [3.8, 4) is 0 Å². The van der Waals surface area contributed by atoms with Crippen molar-refractivity contribution in [3.63, 3.8) is 0 Å². The summed E-state index contributed by atoms with van der Waals surface area (Å²) in [5.74, 6) is 0. The lowest BCUT2D eigenvalue weighted by molar-refractivity contribution is 0.243. The quantitative estimate of drug-likeness (QED) is 0.898. The van der Waals surface area contributed by atoms with Gasteiger partial charge in [0, 0.05) is 27.7 Å². The zero-order chi connectivity index (χ0) is 12.4. The fourth-order valence-electron chi connectivity index (χ4n) is 2.44. The van der Waals surface area contributed by atoms with Crippen molar-refractivity contribution in [1.82, 2.24) is 9.88 Å². The molecule has 94 valence electrons. The highest BCUT2D eigenvalue weighted by molar-refractivity contribution is 9.11. The molecule has 0 aromatic carbocycles. The van der Waals surface area contributed by atoms with E-state index in [2.05, 4.69) is 48.7 Å². The number of likely N-dealkylation sites (tertiary alicyclic amines) is 1. The third-order valence-corrected chi connectivity index (χ3v) is 4.24. The maximum Gasteiger partial charge on any atom is 0.0733 e. The summed E-state index contributed by atoms with van der Waals surface area (Å²) in [6, 6.07) is 2.47. The first-order valence-corrected chi connectivity index (χ1v) is 7.52. The van der Waals surface area contributed by atoms with Gasteiger partial charge >= 0.3 is 0 Å². The van der Waals surface area contributed by atoms with E-state index in [0.29, 0.717) is 0 Å². The molecular formula is C12H17Br2N3. The van der Waals surface area contributed by atoms with E-state index in [1.54, 1.807) is 0 Å². The Kier molecular flexibility index (Phi) is 4.58. The van der Waals surface area contributed by atoms with Gasteiger partial charge in [0.1, 0.15) is 0 Å². The van der Waals surface area contributed by atoms with E-state index in [1.807, 2.05) is 12.3 Å². The molecule has 0 aliphatic carbocycles. The topological polar surface area (TPSA) is 42.1 Å². The molecule has 1 saturated heterocycles. The highest BCUT2D eigenvalue weighted by Crippen LogP contribution is 2.34. The minimum Gasteiger partial charge on any atom is -0.326 e. The van der Waals surface area contributed by atoms with Crippen LogP contribution in [0.15, 0.2) is 21.2 Å². The van der Waals surface area contributed by atoms with Crippen LogP contribution in [0.3, 0.4) is 0 Å². The summed E-state index contributed by atoms with van der Waals surface area (Å²) in [7, 11) is 0. The number of nitrogens with two attached hydrogens (primary N) is 1. The number of rotatable bonds is 3. The number of halogens is 2. The maximum atomic E-state index is 6.22. The molecular weight excluding hydrogens is 346 g/mol. The van der Waals surface area contributed by atoms with Crippen molar-refractivity contribution in [2.75, 3.05) is 13.1 Å². The van der Waals surface area contributed by atoms with Crippen LogP contribution < -0.4 is 5.73 Å². The largest absolute Gasteiger partial charge is 0.326 e. The molecule has 2 atom stereocenters. The van der Waals surface area contributed by atoms with Crippen LogP contribution in [0.1, 0.15) is 31.5 Å². The third kappa shape index (κ3) is 2.89. The number of pyridine rings is 1. The minimum atomic E-state index is 0.187. The summed E-state index contributed by atoms with van der Waals surface area (Å²) in [5, 5.41) is 0. The number of aromatic nitrogens is 1. The normalized spacial score (nSPS) is 25.4. The molecule has 0 saturated carbocycles. The molecule has 2 rings (SSSR count). The Labute approximate surface area is 119 Å². The second-order valence-corrected chi connectivity index (χ2v) is 6.22. The van der Waals surface area contributed by atoms with Crippen LogP contribution in [-0.2, 0) is 0 Å². The summed E-state index contributed by atoms with van der Waals surface area (Å²) >= 11 is 7.02. The van der Waals surface area contributed by atoms with Crippen molar-refractivity contribution in [2.24, 2.45) is 5.73 Å². The van der Waals surface area contributed by atoms with Crippen LogP contribution >= 0.6 is 31.9 Å². The highest BCUT2D eigenvalue weighted by atomic mass is 79.9. The van der Waals surface area contributed by atoms with Crippen molar-refractivity contribution < 1.29 is 0 Å². The van der Waals surface area contributed by atoms with Gasteiger partial charge in [0.15, 0.2) is 0 Å². The molecule has 0 radical (unpaired) electrons. The maximum absolute atomic E-state index is 6.22. The number of nitrogens with zero attached hydrogens (tertiary/aromatic N) is 2. The van der Waals surface area contributed by atoms with Gasteiger partial charge in [-0.3, -0.25) is 9.88 Å². The molecule has 5 heteroatoms. The van der Waals surface area contributed by atoms with Crippen molar-refractivity contribution in [3.05, 3.63) is 26.9 Å². The van der Waals surface area contributed by atoms with Crippen LogP contribution in [0.5, 0.6) is 0 Å². The molecule has 1 aromatic rings. The van der Waals surface area contributed by atoms with Gasteiger partial charge in [0.2, 0.25) is 0 Å². The van der Waals surface area contributed by atoms with Crippen LogP contribution in [0.4, 0.5) is 0 Å². The smallest absolute Gasteiger partial charge is 0.0733 e. The van der Waals surface area contributed by atoms with Crippen LogP contribution in [0.25, 0.3) is 0 Å². The van der Waals surface area contributed by atoms with E-state index in [0.717, 1.165) is 40.6 Å². The molecule has 2 unspecified atom stereocenters. The fraction of sp³-hybridized carbons (Fsp3) is 0.583. The summed E-state index contributed by atoms with van der Waals surface area (Å²) < 4.78 is 2.03. The molecule has 0 amide bonds. The lowest BCUT2D eigenvalue weighted by Crippen LogP contribution is -2.33. The molecule has 2 N–H and O–H groups in total. The van der Waals surface area contributed by atoms with E-state index in [1.165, 1.54) is 0 Å². The molecule has 17 heavy (non-hydrogen) atoms. The summed E-state index contributed by atoms with van der Waals surface area (Å²) in [6.07, 6.45) is 4.04. The van der Waals surface area contributed by atoms with Gasteiger partial charge in [0.25, 0.3) is 0 Å². The Morgan fingerprint density at radius 2 is 2.29 bits per heavy atom. The molecule has 3 nitrogen and oxygen atoms in total. The summed E-state index contributed by atoms with van der Waals surface area (Å²) in [5.41, 5.74) is 7.29. The van der Waals surface area contributed by atoms with Crippen molar-refractivity contribution >= 4 is 31.9 Å². The molecule has 0 spiro atoms. The highest BCUT2D eigenvalue weighted by Gasteiger charge is 2.34. The lowest BCUT2D eigenvalue weighted by atomic mass is 10.1. The Morgan fingerprint density at radius 1 is 1.53 bits per heavy atom. The Balaban J connectivity index is 2.29. The standard InChI is InChI=1S/C12H17Br2N3/c1-2-4-17-5-3-10(15)12(17)11-9(14)6-8(13)7-16-11/h6-7,10,12H,2-5,15H2,1H3. The first kappa shape index (κ1) is 13.5. The lowest BCUT2D eigenvalue weighted by Gasteiger charge is -2.26. The first-order valence-electron chi connectivity index (χ1n) is 5.94. The summed E-state index contributed by atoms with van der Waals surface area (Å²) in [6.45, 7) is 4.36. The van der Waals surface area contributed by atoms with Crippen LogP contribution in [0, 0.1) is 0 Å². The predicted molar refractivity (Wildman–Crippen MR) is 76.8 cm³/mol. The molecule has 1 fully saturated rings. The molecule has 1 aromatic heterocycles. The van der Waals surface area contributed by atoms with Crippen LogP contribution in [-0.4, -0.2) is 29.0 Å². The van der Waals surface area contributed by atoms with Gasteiger partial charge in [0.05, 0.1) is 11.7 Å². The summed E-state index contributed by atoms with van der Waals surface area (Å²) in [4.78, 5) is 6.96.